The van der Waals surface area contributed by atoms with E-state index in [1.807, 2.05) is 0 Å². The molecule has 0 aromatic heterocycles. The molecule has 2 atom stereocenters. The third-order valence-electron chi connectivity index (χ3n) is 5.86. The first kappa shape index (κ1) is 14.4. The minimum absolute atomic E-state index is 0.387. The minimum atomic E-state index is 0.387. The average molecular weight is 274 g/mol. The van der Waals surface area contributed by atoms with E-state index in [2.05, 4.69) is 0 Å². The minimum Gasteiger partial charge on any atom is -0.294 e. The van der Waals surface area contributed by atoms with Crippen LogP contribution in [0.15, 0.2) is 11.1 Å². The van der Waals surface area contributed by atoms with Crippen molar-refractivity contribution in [3.8, 4) is 0 Å². The number of carbonyl (C=O) groups excluding carboxylic acids is 1. The zero-order valence-corrected chi connectivity index (χ0v) is 13.0. The molecule has 0 radical (unpaired) electrons. The summed E-state index contributed by atoms with van der Waals surface area (Å²) in [5.74, 6) is 1.61. The lowest BCUT2D eigenvalue weighted by Crippen LogP contribution is -2.18. The van der Waals surface area contributed by atoms with Crippen molar-refractivity contribution in [2.75, 3.05) is 0 Å². The first-order chi connectivity index (χ1) is 9.88. The summed E-state index contributed by atoms with van der Waals surface area (Å²) in [6.07, 6.45) is 18.4. The van der Waals surface area contributed by atoms with Crippen LogP contribution in [0.3, 0.4) is 0 Å². The van der Waals surface area contributed by atoms with E-state index >= 15 is 0 Å². The Morgan fingerprint density at radius 2 is 1.15 bits per heavy atom. The van der Waals surface area contributed by atoms with Crippen LogP contribution in [0.4, 0.5) is 0 Å². The second-order valence-corrected chi connectivity index (χ2v) is 7.19. The highest BCUT2D eigenvalue weighted by atomic mass is 16.1. The van der Waals surface area contributed by atoms with Gasteiger partial charge in [-0.3, -0.25) is 4.79 Å². The van der Waals surface area contributed by atoms with Gasteiger partial charge in [-0.1, -0.05) is 56.9 Å². The Labute approximate surface area is 124 Å². The van der Waals surface area contributed by atoms with E-state index in [0.717, 1.165) is 6.42 Å². The Balaban J connectivity index is 1.72. The summed E-state index contributed by atoms with van der Waals surface area (Å²) in [6, 6.07) is 0. The van der Waals surface area contributed by atoms with Gasteiger partial charge < -0.3 is 0 Å². The first-order valence-electron chi connectivity index (χ1n) is 9.14. The van der Waals surface area contributed by atoms with Gasteiger partial charge in [-0.2, -0.15) is 0 Å². The normalized spacial score (nSPS) is 33.1. The van der Waals surface area contributed by atoms with Crippen molar-refractivity contribution in [2.24, 2.45) is 11.8 Å². The third kappa shape index (κ3) is 3.02. The maximum atomic E-state index is 12.7. The number of fused-ring (bicyclic) bond motifs is 2. The molecule has 3 aliphatic carbocycles. The fraction of sp³-hybridized carbons (Fsp3) is 0.842. The summed E-state index contributed by atoms with van der Waals surface area (Å²) >= 11 is 0. The quantitative estimate of drug-likeness (QED) is 0.563. The van der Waals surface area contributed by atoms with Gasteiger partial charge in [0.2, 0.25) is 0 Å². The predicted molar refractivity (Wildman–Crippen MR) is 83.7 cm³/mol. The molecule has 0 saturated heterocycles. The molecule has 0 bridgehead atoms. The first-order valence-corrected chi connectivity index (χ1v) is 9.14. The third-order valence-corrected chi connectivity index (χ3v) is 5.86. The molecule has 0 spiro atoms. The standard InChI is InChI=1S/C19H30O/c20-19-17-13-8-6-4-2-1-3-5-7-11-15(17)16-12-9-10-14-18(16)19/h15,17H,1-14H2. The van der Waals surface area contributed by atoms with Crippen molar-refractivity contribution >= 4 is 5.78 Å². The number of allylic oxidation sites excluding steroid dienone is 2. The monoisotopic (exact) mass is 274 g/mol. The van der Waals surface area contributed by atoms with Crippen LogP contribution >= 0.6 is 0 Å². The average Bonchev–Trinajstić information content (AvgIpc) is 2.72. The Kier molecular flexibility index (Phi) is 4.96. The van der Waals surface area contributed by atoms with Gasteiger partial charge >= 0.3 is 0 Å². The van der Waals surface area contributed by atoms with E-state index in [4.69, 9.17) is 0 Å². The highest BCUT2D eigenvalue weighted by molar-refractivity contribution is 6.01. The van der Waals surface area contributed by atoms with E-state index in [9.17, 15) is 4.79 Å². The van der Waals surface area contributed by atoms with E-state index in [1.54, 1.807) is 5.57 Å². The Morgan fingerprint density at radius 3 is 1.85 bits per heavy atom. The van der Waals surface area contributed by atoms with Crippen molar-refractivity contribution in [1.82, 2.24) is 0 Å². The number of ketones is 1. The van der Waals surface area contributed by atoms with Crippen molar-refractivity contribution in [3.05, 3.63) is 11.1 Å². The van der Waals surface area contributed by atoms with Gasteiger partial charge in [0.15, 0.2) is 5.78 Å². The molecule has 0 aromatic carbocycles. The van der Waals surface area contributed by atoms with Crippen LogP contribution in [-0.4, -0.2) is 5.78 Å². The summed E-state index contributed by atoms with van der Waals surface area (Å²) in [6.45, 7) is 0. The number of Topliss-reactive ketones (excluding diaryl/α,β-unsaturated/α-hetero) is 1. The molecule has 3 rings (SSSR count). The van der Waals surface area contributed by atoms with E-state index in [0.29, 0.717) is 17.6 Å². The Bertz CT molecular complexity index is 379. The largest absolute Gasteiger partial charge is 0.294 e. The highest BCUT2D eigenvalue weighted by Crippen LogP contribution is 2.46. The molecule has 0 heterocycles. The van der Waals surface area contributed by atoms with Gasteiger partial charge in [0.05, 0.1) is 0 Å². The van der Waals surface area contributed by atoms with Crippen LogP contribution in [0.5, 0.6) is 0 Å². The molecule has 1 nitrogen and oxygen atoms in total. The predicted octanol–water partition coefficient (Wildman–Crippen LogP) is 5.59. The molecule has 3 aliphatic rings. The maximum absolute atomic E-state index is 12.7. The maximum Gasteiger partial charge on any atom is 0.162 e. The molecular formula is C19H30O. The van der Waals surface area contributed by atoms with Gasteiger partial charge in [0, 0.05) is 5.92 Å². The molecule has 0 aliphatic heterocycles. The van der Waals surface area contributed by atoms with Gasteiger partial charge in [-0.25, -0.2) is 0 Å². The fourth-order valence-electron chi connectivity index (χ4n) is 4.77. The SMILES string of the molecule is O=C1C2=C(CCCC2)C2CCCCCCCCCCC12. The summed E-state index contributed by atoms with van der Waals surface area (Å²) in [4.78, 5) is 12.7. The van der Waals surface area contributed by atoms with Crippen LogP contribution in [0.25, 0.3) is 0 Å². The lowest BCUT2D eigenvalue weighted by Gasteiger charge is -2.23. The van der Waals surface area contributed by atoms with Crippen LogP contribution in [0.1, 0.15) is 89.9 Å². The van der Waals surface area contributed by atoms with Gasteiger partial charge in [-0.05, 0) is 50.0 Å². The van der Waals surface area contributed by atoms with Crippen molar-refractivity contribution in [1.29, 1.82) is 0 Å². The number of rotatable bonds is 0. The Morgan fingerprint density at radius 1 is 0.600 bits per heavy atom. The van der Waals surface area contributed by atoms with Crippen LogP contribution < -0.4 is 0 Å². The number of hydrogen-bond donors (Lipinski definition) is 0. The molecule has 20 heavy (non-hydrogen) atoms. The molecule has 0 aromatic rings. The van der Waals surface area contributed by atoms with E-state index in [1.165, 1.54) is 89.0 Å². The second-order valence-electron chi connectivity index (χ2n) is 7.19. The molecule has 112 valence electrons. The van der Waals surface area contributed by atoms with Crippen LogP contribution in [-0.2, 0) is 4.79 Å². The van der Waals surface area contributed by atoms with E-state index in [-0.39, 0.29) is 0 Å². The lowest BCUT2D eigenvalue weighted by molar-refractivity contribution is -0.119. The summed E-state index contributed by atoms with van der Waals surface area (Å²) in [5, 5.41) is 0. The fourth-order valence-corrected chi connectivity index (χ4v) is 4.77. The second kappa shape index (κ2) is 6.91. The topological polar surface area (TPSA) is 17.1 Å². The molecular weight excluding hydrogens is 244 g/mol. The van der Waals surface area contributed by atoms with Crippen LogP contribution in [0.2, 0.25) is 0 Å². The molecule has 0 amide bonds. The summed E-state index contributed by atoms with van der Waals surface area (Å²) < 4.78 is 0. The van der Waals surface area contributed by atoms with Gasteiger partial charge in [0.1, 0.15) is 0 Å². The van der Waals surface area contributed by atoms with Gasteiger partial charge in [-0.15, -0.1) is 0 Å². The molecule has 1 saturated carbocycles. The zero-order chi connectivity index (χ0) is 13.8. The van der Waals surface area contributed by atoms with E-state index < -0.39 is 0 Å². The molecule has 1 fully saturated rings. The van der Waals surface area contributed by atoms with Gasteiger partial charge in [0.25, 0.3) is 0 Å². The van der Waals surface area contributed by atoms with Crippen LogP contribution in [0, 0.1) is 11.8 Å². The van der Waals surface area contributed by atoms with Crippen molar-refractivity contribution in [2.45, 2.75) is 89.9 Å². The zero-order valence-electron chi connectivity index (χ0n) is 13.0. The highest BCUT2D eigenvalue weighted by Gasteiger charge is 2.40. The number of carbonyl (C=O) groups is 1. The summed E-state index contributed by atoms with van der Waals surface area (Å²) in [7, 11) is 0. The molecule has 1 heteroatoms. The van der Waals surface area contributed by atoms with Crippen molar-refractivity contribution < 1.29 is 4.79 Å². The lowest BCUT2D eigenvalue weighted by atomic mass is 9.81. The molecule has 2 unspecified atom stereocenters. The number of hydrogen-bond acceptors (Lipinski definition) is 1. The summed E-state index contributed by atoms with van der Waals surface area (Å²) in [5.41, 5.74) is 2.91. The molecule has 0 N–H and O–H groups in total. The smallest absolute Gasteiger partial charge is 0.162 e. The Hall–Kier alpha value is -0.590. The van der Waals surface area contributed by atoms with Crippen molar-refractivity contribution in [3.63, 3.8) is 0 Å².